The number of nitrogens with two attached hydrogens (primary N) is 1. The van der Waals surface area contributed by atoms with Crippen LogP contribution in [0.5, 0.6) is 11.5 Å². The molecule has 136 valence electrons. The molecular formula is C20H18N4O2S. The van der Waals surface area contributed by atoms with Crippen molar-refractivity contribution in [3.63, 3.8) is 0 Å². The molecule has 0 spiro atoms. The topological polar surface area (TPSA) is 83.9 Å². The van der Waals surface area contributed by atoms with E-state index < -0.39 is 0 Å². The van der Waals surface area contributed by atoms with Crippen LogP contribution in [0, 0.1) is 18.3 Å². The molecule has 0 aromatic heterocycles. The summed E-state index contributed by atoms with van der Waals surface area (Å²) in [5, 5.41) is 10.6. The second kappa shape index (κ2) is 6.56. The first-order valence-corrected chi connectivity index (χ1v) is 9.17. The Bertz CT molecular complexity index is 1040. The molecule has 6 nitrogen and oxygen atoms in total. The Hall–Kier alpha value is -3.11. The number of fused-ring (bicyclic) bond motifs is 3. The normalized spacial score (nSPS) is 17.8. The quantitative estimate of drug-likeness (QED) is 0.876. The Morgan fingerprint density at radius 2 is 1.93 bits per heavy atom. The van der Waals surface area contributed by atoms with Crippen molar-refractivity contribution >= 4 is 22.6 Å². The first-order valence-electron chi connectivity index (χ1n) is 8.35. The highest BCUT2D eigenvalue weighted by Crippen LogP contribution is 2.49. The lowest BCUT2D eigenvalue weighted by Gasteiger charge is -2.33. The average Bonchev–Trinajstić information content (AvgIpc) is 3.02. The van der Waals surface area contributed by atoms with Crippen LogP contribution in [0.3, 0.4) is 0 Å². The van der Waals surface area contributed by atoms with Crippen molar-refractivity contribution in [2.24, 2.45) is 10.7 Å². The summed E-state index contributed by atoms with van der Waals surface area (Å²) in [6, 6.07) is 13.8. The predicted molar refractivity (Wildman–Crippen MR) is 106 cm³/mol. The third-order valence-corrected chi connectivity index (χ3v) is 5.67. The lowest BCUT2D eigenvalue weighted by Crippen LogP contribution is -2.35. The van der Waals surface area contributed by atoms with E-state index in [0.717, 1.165) is 21.3 Å². The van der Waals surface area contributed by atoms with E-state index in [2.05, 4.69) is 41.1 Å². The van der Waals surface area contributed by atoms with Crippen LogP contribution in [0.25, 0.3) is 0 Å². The molecule has 0 bridgehead atoms. The molecular weight excluding hydrogens is 360 g/mol. The molecule has 4 rings (SSSR count). The number of amidine groups is 1. The van der Waals surface area contributed by atoms with Gasteiger partial charge in [0.1, 0.15) is 17.9 Å². The van der Waals surface area contributed by atoms with Crippen LogP contribution in [-0.2, 0) is 0 Å². The first-order chi connectivity index (χ1) is 13.1. The minimum absolute atomic E-state index is 0.251. The fourth-order valence-electron chi connectivity index (χ4n) is 3.37. The molecule has 0 fully saturated rings. The van der Waals surface area contributed by atoms with Crippen LogP contribution in [0.2, 0.25) is 0 Å². The first kappa shape index (κ1) is 17.3. The molecule has 2 N–H and O–H groups in total. The number of hydrogen-bond acceptors (Lipinski definition) is 7. The molecule has 7 heteroatoms. The lowest BCUT2D eigenvalue weighted by molar-refractivity contribution is 0.354. The van der Waals surface area contributed by atoms with E-state index in [4.69, 9.17) is 15.2 Å². The summed E-state index contributed by atoms with van der Waals surface area (Å²) in [5.41, 5.74) is 9.63. The molecule has 1 unspecified atom stereocenters. The highest BCUT2D eigenvalue weighted by molar-refractivity contribution is 8.14. The van der Waals surface area contributed by atoms with E-state index in [-0.39, 0.29) is 11.9 Å². The van der Waals surface area contributed by atoms with Gasteiger partial charge in [0, 0.05) is 4.90 Å². The van der Waals surface area contributed by atoms with Crippen molar-refractivity contribution in [3.8, 4) is 17.6 Å². The maximum atomic E-state index is 9.79. The maximum Gasteiger partial charge on any atom is 0.176 e. The highest BCUT2D eigenvalue weighted by Gasteiger charge is 2.39. The van der Waals surface area contributed by atoms with Crippen LogP contribution in [-0.4, -0.2) is 19.4 Å². The van der Waals surface area contributed by atoms with E-state index in [1.165, 1.54) is 5.56 Å². The van der Waals surface area contributed by atoms with Crippen LogP contribution in [0.15, 0.2) is 57.7 Å². The van der Waals surface area contributed by atoms with Crippen molar-refractivity contribution in [2.75, 3.05) is 19.1 Å². The van der Waals surface area contributed by atoms with Crippen molar-refractivity contribution in [1.29, 1.82) is 5.26 Å². The number of ether oxygens (including phenoxy) is 2. The summed E-state index contributed by atoms with van der Waals surface area (Å²) < 4.78 is 10.8. The van der Waals surface area contributed by atoms with Gasteiger partial charge in [0.25, 0.3) is 0 Å². The molecule has 2 aliphatic rings. The predicted octanol–water partition coefficient (Wildman–Crippen LogP) is 3.73. The maximum absolute atomic E-state index is 9.79. The number of rotatable bonds is 3. The summed E-state index contributed by atoms with van der Waals surface area (Å²) >= 11 is 1.56. The van der Waals surface area contributed by atoms with E-state index in [1.54, 1.807) is 26.0 Å². The standard InChI is InChI=1S/C20H18N4O2S/c1-11-4-6-14-17(8-11)27-20-23-19(22)13(10-21)18(24(14)20)12-5-7-15(25-2)16(9-12)26-3/h4-9,18H,22H2,1-3H3. The molecule has 0 saturated carbocycles. The molecule has 2 aromatic rings. The molecule has 0 saturated heterocycles. The zero-order valence-corrected chi connectivity index (χ0v) is 16.0. The van der Waals surface area contributed by atoms with Gasteiger partial charge in [0.05, 0.1) is 25.5 Å². The molecule has 0 aliphatic carbocycles. The van der Waals surface area contributed by atoms with E-state index >= 15 is 0 Å². The summed E-state index contributed by atoms with van der Waals surface area (Å²) in [7, 11) is 3.19. The summed E-state index contributed by atoms with van der Waals surface area (Å²) in [6.07, 6.45) is 0. The Morgan fingerprint density at radius 3 is 2.63 bits per heavy atom. The second-order valence-corrected chi connectivity index (χ2v) is 7.27. The second-order valence-electron chi connectivity index (χ2n) is 6.27. The molecule has 2 aromatic carbocycles. The van der Waals surface area contributed by atoms with Gasteiger partial charge in [0.15, 0.2) is 16.7 Å². The molecule has 1 atom stereocenters. The third-order valence-electron chi connectivity index (χ3n) is 4.65. The van der Waals surface area contributed by atoms with Crippen LogP contribution in [0.4, 0.5) is 5.69 Å². The summed E-state index contributed by atoms with van der Waals surface area (Å²) in [4.78, 5) is 7.65. The summed E-state index contributed by atoms with van der Waals surface area (Å²) in [6.45, 7) is 2.05. The largest absolute Gasteiger partial charge is 0.493 e. The Morgan fingerprint density at radius 1 is 1.15 bits per heavy atom. The zero-order valence-electron chi connectivity index (χ0n) is 15.2. The number of methoxy groups -OCH3 is 2. The van der Waals surface area contributed by atoms with Gasteiger partial charge in [-0.3, -0.25) is 0 Å². The molecule has 0 radical (unpaired) electrons. The Labute approximate surface area is 161 Å². The van der Waals surface area contributed by atoms with Gasteiger partial charge >= 0.3 is 0 Å². The number of nitriles is 1. The van der Waals surface area contributed by atoms with Gasteiger partial charge in [-0.05, 0) is 54.1 Å². The van der Waals surface area contributed by atoms with Crippen LogP contribution in [0.1, 0.15) is 17.2 Å². The van der Waals surface area contributed by atoms with Crippen LogP contribution >= 0.6 is 11.8 Å². The number of anilines is 1. The number of benzene rings is 2. The van der Waals surface area contributed by atoms with Gasteiger partial charge in [-0.25, -0.2) is 4.99 Å². The molecule has 2 heterocycles. The monoisotopic (exact) mass is 378 g/mol. The van der Waals surface area contributed by atoms with Gasteiger partial charge in [-0.2, -0.15) is 5.26 Å². The van der Waals surface area contributed by atoms with Gasteiger partial charge in [-0.15, -0.1) is 0 Å². The number of aryl methyl sites for hydroxylation is 1. The fourth-order valence-corrected chi connectivity index (χ4v) is 4.53. The van der Waals surface area contributed by atoms with E-state index in [1.807, 2.05) is 18.2 Å². The average molecular weight is 378 g/mol. The highest BCUT2D eigenvalue weighted by atomic mass is 32.2. The van der Waals surface area contributed by atoms with Crippen molar-refractivity contribution in [2.45, 2.75) is 17.9 Å². The Balaban J connectivity index is 1.90. The number of aliphatic imine (C=N–C) groups is 1. The number of hydrogen-bond donors (Lipinski definition) is 1. The smallest absolute Gasteiger partial charge is 0.176 e. The number of nitrogens with zero attached hydrogens (tertiary/aromatic N) is 3. The molecule has 2 aliphatic heterocycles. The van der Waals surface area contributed by atoms with E-state index in [9.17, 15) is 5.26 Å². The fraction of sp³-hybridized carbons (Fsp3) is 0.200. The van der Waals surface area contributed by atoms with Gasteiger partial charge in [0.2, 0.25) is 0 Å². The molecule has 0 amide bonds. The van der Waals surface area contributed by atoms with Crippen molar-refractivity contribution in [3.05, 3.63) is 58.9 Å². The third kappa shape index (κ3) is 2.69. The summed E-state index contributed by atoms with van der Waals surface area (Å²) in [5.74, 6) is 1.49. The minimum Gasteiger partial charge on any atom is -0.493 e. The van der Waals surface area contributed by atoms with Crippen molar-refractivity contribution in [1.82, 2.24) is 0 Å². The van der Waals surface area contributed by atoms with Crippen LogP contribution < -0.4 is 20.1 Å². The SMILES string of the molecule is COc1ccc(C2C(C#N)=C(N)N=C3Sc4cc(C)ccc4N32)cc1OC. The van der Waals surface area contributed by atoms with Gasteiger partial charge in [-0.1, -0.05) is 12.1 Å². The van der Waals surface area contributed by atoms with Gasteiger partial charge < -0.3 is 20.1 Å². The zero-order chi connectivity index (χ0) is 19.1. The molecule has 27 heavy (non-hydrogen) atoms. The Kier molecular flexibility index (Phi) is 4.21. The van der Waals surface area contributed by atoms with Crippen molar-refractivity contribution < 1.29 is 9.47 Å². The number of thioether (sulfide) groups is 1. The minimum atomic E-state index is -0.376. The van der Waals surface area contributed by atoms with E-state index in [0.29, 0.717) is 17.1 Å². The lowest BCUT2D eigenvalue weighted by atomic mass is 9.95.